The minimum Gasteiger partial charge on any atom is -0.497 e. The minimum atomic E-state index is 0.806. The van der Waals surface area contributed by atoms with Gasteiger partial charge in [-0.3, -0.25) is 0 Å². The van der Waals surface area contributed by atoms with Crippen molar-refractivity contribution >= 4 is 5.69 Å². The maximum atomic E-state index is 5.44. The van der Waals surface area contributed by atoms with Crippen molar-refractivity contribution in [1.82, 2.24) is 10.5 Å². The third kappa shape index (κ3) is 2.42. The van der Waals surface area contributed by atoms with Crippen LogP contribution in [-0.4, -0.2) is 38.4 Å². The van der Waals surface area contributed by atoms with Crippen LogP contribution in [-0.2, 0) is 0 Å². The molecule has 5 nitrogen and oxygen atoms in total. The largest absolute Gasteiger partial charge is 0.497 e. The fraction of sp³-hybridized carbons (Fsp3) is 0.357. The molecule has 0 saturated carbocycles. The Bertz CT molecular complexity index is 547. The summed E-state index contributed by atoms with van der Waals surface area (Å²) < 4.78 is 10.7. The molecular formula is C14H17N3O2. The number of nitrogens with zero attached hydrogens (tertiary/aromatic N) is 2. The second kappa shape index (κ2) is 5.32. The highest BCUT2D eigenvalue weighted by atomic mass is 16.5. The van der Waals surface area contributed by atoms with Crippen LogP contribution in [0.25, 0.3) is 11.3 Å². The summed E-state index contributed by atoms with van der Waals surface area (Å²) >= 11 is 0. The number of benzene rings is 1. The predicted octanol–water partition coefficient (Wildman–Crippen LogP) is 1.76. The topological polar surface area (TPSA) is 50.5 Å². The predicted molar refractivity (Wildman–Crippen MR) is 73.6 cm³/mol. The Morgan fingerprint density at radius 2 is 2.16 bits per heavy atom. The Morgan fingerprint density at radius 1 is 1.32 bits per heavy atom. The highest BCUT2D eigenvalue weighted by Crippen LogP contribution is 2.32. The summed E-state index contributed by atoms with van der Waals surface area (Å²) in [5.41, 5.74) is 2.04. The molecule has 1 saturated heterocycles. The number of aromatic nitrogens is 1. The number of nitrogens with one attached hydrogen (secondary N) is 1. The zero-order valence-electron chi connectivity index (χ0n) is 10.9. The van der Waals surface area contributed by atoms with Crippen LogP contribution in [0.15, 0.2) is 35.0 Å². The third-order valence-electron chi connectivity index (χ3n) is 3.34. The fourth-order valence-corrected chi connectivity index (χ4v) is 2.33. The molecule has 0 unspecified atom stereocenters. The first kappa shape index (κ1) is 12.0. The molecule has 5 heteroatoms. The normalized spacial score (nSPS) is 15.5. The lowest BCUT2D eigenvalue weighted by Gasteiger charge is -2.28. The SMILES string of the molecule is COc1cccc(-c2oncc2N2CCNCC2)c1. The maximum absolute atomic E-state index is 5.44. The number of methoxy groups -OCH3 is 1. The molecule has 100 valence electrons. The fourth-order valence-electron chi connectivity index (χ4n) is 2.33. The lowest BCUT2D eigenvalue weighted by atomic mass is 10.1. The molecule has 0 atom stereocenters. The molecule has 0 bridgehead atoms. The molecule has 1 N–H and O–H groups in total. The van der Waals surface area contributed by atoms with E-state index in [-0.39, 0.29) is 0 Å². The molecule has 3 rings (SSSR count). The van der Waals surface area contributed by atoms with Crippen LogP contribution < -0.4 is 15.0 Å². The minimum absolute atomic E-state index is 0.806. The average molecular weight is 259 g/mol. The van der Waals surface area contributed by atoms with Crippen molar-refractivity contribution in [2.24, 2.45) is 0 Å². The van der Waals surface area contributed by atoms with E-state index in [9.17, 15) is 0 Å². The van der Waals surface area contributed by atoms with Gasteiger partial charge < -0.3 is 19.5 Å². The zero-order chi connectivity index (χ0) is 13.1. The van der Waals surface area contributed by atoms with Crippen molar-refractivity contribution in [3.63, 3.8) is 0 Å². The molecule has 0 amide bonds. The van der Waals surface area contributed by atoms with Gasteiger partial charge in [0.05, 0.1) is 13.3 Å². The second-order valence-corrected chi connectivity index (χ2v) is 4.51. The van der Waals surface area contributed by atoms with Gasteiger partial charge in [0.1, 0.15) is 11.4 Å². The molecule has 1 fully saturated rings. The van der Waals surface area contributed by atoms with Crippen LogP contribution >= 0.6 is 0 Å². The first-order chi connectivity index (χ1) is 9.38. The Balaban J connectivity index is 1.94. The van der Waals surface area contributed by atoms with Crippen molar-refractivity contribution < 1.29 is 9.26 Å². The average Bonchev–Trinajstić information content (AvgIpc) is 2.98. The van der Waals surface area contributed by atoms with Crippen LogP contribution in [0.2, 0.25) is 0 Å². The van der Waals surface area contributed by atoms with Crippen LogP contribution in [0, 0.1) is 0 Å². The van der Waals surface area contributed by atoms with Crippen molar-refractivity contribution in [3.05, 3.63) is 30.5 Å². The van der Waals surface area contributed by atoms with Crippen molar-refractivity contribution in [2.45, 2.75) is 0 Å². The van der Waals surface area contributed by atoms with E-state index in [1.807, 2.05) is 24.3 Å². The van der Waals surface area contributed by atoms with Gasteiger partial charge in [-0.25, -0.2) is 0 Å². The highest BCUT2D eigenvalue weighted by Gasteiger charge is 2.19. The van der Waals surface area contributed by atoms with Crippen molar-refractivity contribution in [3.8, 4) is 17.1 Å². The molecule has 19 heavy (non-hydrogen) atoms. The number of anilines is 1. The Labute approximate surface area is 112 Å². The van der Waals surface area contributed by atoms with E-state index in [1.165, 1.54) is 0 Å². The van der Waals surface area contributed by atoms with E-state index in [2.05, 4.69) is 15.4 Å². The smallest absolute Gasteiger partial charge is 0.190 e. The van der Waals surface area contributed by atoms with Gasteiger partial charge in [-0.1, -0.05) is 17.3 Å². The van der Waals surface area contributed by atoms with Gasteiger partial charge in [0, 0.05) is 31.7 Å². The number of rotatable bonds is 3. The summed E-state index contributed by atoms with van der Waals surface area (Å²) in [4.78, 5) is 2.29. The van der Waals surface area contributed by atoms with E-state index < -0.39 is 0 Å². The van der Waals surface area contributed by atoms with Gasteiger partial charge in [0.25, 0.3) is 0 Å². The van der Waals surface area contributed by atoms with Gasteiger partial charge >= 0.3 is 0 Å². The summed E-state index contributed by atoms with van der Waals surface area (Å²) in [5, 5.41) is 7.29. The number of hydrogen-bond donors (Lipinski definition) is 1. The summed E-state index contributed by atoms with van der Waals surface area (Å²) in [7, 11) is 1.66. The first-order valence-corrected chi connectivity index (χ1v) is 6.43. The van der Waals surface area contributed by atoms with Crippen molar-refractivity contribution in [2.75, 3.05) is 38.2 Å². The Hall–Kier alpha value is -2.01. The van der Waals surface area contributed by atoms with E-state index in [4.69, 9.17) is 9.26 Å². The third-order valence-corrected chi connectivity index (χ3v) is 3.34. The van der Waals surface area contributed by atoms with E-state index in [0.717, 1.165) is 48.9 Å². The highest BCUT2D eigenvalue weighted by molar-refractivity contribution is 5.73. The molecule has 1 aromatic carbocycles. The molecule has 1 aromatic heterocycles. The summed E-state index contributed by atoms with van der Waals surface area (Å²) in [5.74, 6) is 1.63. The molecule has 1 aliphatic rings. The molecule has 0 spiro atoms. The van der Waals surface area contributed by atoms with Crippen molar-refractivity contribution in [1.29, 1.82) is 0 Å². The number of hydrogen-bond acceptors (Lipinski definition) is 5. The van der Waals surface area contributed by atoms with Crippen LogP contribution in [0.5, 0.6) is 5.75 Å². The van der Waals surface area contributed by atoms with Crippen LogP contribution in [0.1, 0.15) is 0 Å². The quantitative estimate of drug-likeness (QED) is 0.910. The van der Waals surface area contributed by atoms with E-state index in [1.54, 1.807) is 13.3 Å². The molecular weight excluding hydrogens is 242 g/mol. The monoisotopic (exact) mass is 259 g/mol. The lowest BCUT2D eigenvalue weighted by Crippen LogP contribution is -2.43. The van der Waals surface area contributed by atoms with Gasteiger partial charge in [0.15, 0.2) is 5.76 Å². The summed E-state index contributed by atoms with van der Waals surface area (Å²) in [6.07, 6.45) is 1.79. The zero-order valence-corrected chi connectivity index (χ0v) is 10.9. The Morgan fingerprint density at radius 3 is 2.95 bits per heavy atom. The maximum Gasteiger partial charge on any atom is 0.190 e. The molecule has 2 heterocycles. The van der Waals surface area contributed by atoms with E-state index >= 15 is 0 Å². The van der Waals surface area contributed by atoms with Crippen LogP contribution in [0.4, 0.5) is 5.69 Å². The second-order valence-electron chi connectivity index (χ2n) is 4.51. The molecule has 2 aromatic rings. The first-order valence-electron chi connectivity index (χ1n) is 6.43. The number of ether oxygens (including phenoxy) is 1. The van der Waals surface area contributed by atoms with Gasteiger partial charge in [0.2, 0.25) is 0 Å². The van der Waals surface area contributed by atoms with Gasteiger partial charge in [-0.05, 0) is 12.1 Å². The Kier molecular flexibility index (Phi) is 3.37. The van der Waals surface area contributed by atoms with Crippen LogP contribution in [0.3, 0.4) is 0 Å². The molecule has 0 radical (unpaired) electrons. The lowest BCUT2D eigenvalue weighted by molar-refractivity contribution is 0.413. The van der Waals surface area contributed by atoms with E-state index in [0.29, 0.717) is 0 Å². The van der Waals surface area contributed by atoms with Gasteiger partial charge in [-0.2, -0.15) is 0 Å². The summed E-state index contributed by atoms with van der Waals surface area (Å²) in [6, 6.07) is 7.85. The molecule has 1 aliphatic heterocycles. The standard InChI is InChI=1S/C14H17N3O2/c1-18-12-4-2-3-11(9-12)14-13(10-16-19-14)17-7-5-15-6-8-17/h2-4,9-10,15H,5-8H2,1H3. The summed E-state index contributed by atoms with van der Waals surface area (Å²) in [6.45, 7) is 3.92. The molecule has 0 aliphatic carbocycles. The van der Waals surface area contributed by atoms with Gasteiger partial charge in [-0.15, -0.1) is 0 Å². The number of piperazine rings is 1.